The molecule has 3 aromatic rings. The number of hydrogen-bond acceptors (Lipinski definition) is 5. The molecule has 0 unspecified atom stereocenters. The molecule has 108 valence electrons. The topological polar surface area (TPSA) is 50.5 Å². The highest BCUT2D eigenvalue weighted by molar-refractivity contribution is 7.20. The van der Waals surface area contributed by atoms with E-state index >= 15 is 0 Å². The largest absolute Gasteiger partial charge is 0.345 e. The van der Waals surface area contributed by atoms with Crippen LogP contribution in [0.1, 0.15) is 18.1 Å². The summed E-state index contributed by atoms with van der Waals surface area (Å²) in [4.78, 5) is 18.5. The summed E-state index contributed by atoms with van der Waals surface area (Å²) in [6, 6.07) is 9.97. The second-order valence-corrected chi connectivity index (χ2v) is 5.82. The standard InChI is InChI=1S/C15H16N4OS/c1-3-11-4-6-12(7-5-11)10-18(2)15-17-19-13(20)8-9-16-14(19)21-15/h4-9H,3,10H2,1-2H3. The predicted octanol–water partition coefficient (Wildman–Crippen LogP) is 2.35. The van der Waals surface area contributed by atoms with Crippen molar-refractivity contribution in [3.63, 3.8) is 0 Å². The number of aromatic nitrogens is 3. The van der Waals surface area contributed by atoms with Gasteiger partial charge in [0.15, 0.2) is 0 Å². The second-order valence-electron chi connectivity index (χ2n) is 4.89. The Hall–Kier alpha value is -2.21. The van der Waals surface area contributed by atoms with Crippen molar-refractivity contribution < 1.29 is 0 Å². The molecule has 0 spiro atoms. The fraction of sp³-hybridized carbons (Fsp3) is 0.267. The number of nitrogens with zero attached hydrogens (tertiary/aromatic N) is 4. The lowest BCUT2D eigenvalue weighted by Gasteiger charge is -2.15. The lowest BCUT2D eigenvalue weighted by molar-refractivity contribution is 0.844. The van der Waals surface area contributed by atoms with Gasteiger partial charge in [-0.25, -0.2) is 4.98 Å². The summed E-state index contributed by atoms with van der Waals surface area (Å²) >= 11 is 1.41. The number of benzene rings is 1. The molecule has 0 N–H and O–H groups in total. The highest BCUT2D eigenvalue weighted by Crippen LogP contribution is 2.21. The van der Waals surface area contributed by atoms with Gasteiger partial charge in [-0.2, -0.15) is 4.52 Å². The third-order valence-corrected chi connectivity index (χ3v) is 4.37. The Labute approximate surface area is 126 Å². The molecule has 3 rings (SSSR count). The summed E-state index contributed by atoms with van der Waals surface area (Å²) in [6.45, 7) is 2.89. The Balaban J connectivity index is 1.84. The van der Waals surface area contributed by atoms with Crippen LogP contribution in [0.25, 0.3) is 4.96 Å². The Morgan fingerprint density at radius 1 is 1.19 bits per heavy atom. The third-order valence-electron chi connectivity index (χ3n) is 3.34. The Morgan fingerprint density at radius 2 is 1.90 bits per heavy atom. The van der Waals surface area contributed by atoms with Crippen molar-refractivity contribution in [2.45, 2.75) is 19.9 Å². The van der Waals surface area contributed by atoms with Crippen LogP contribution in [0.2, 0.25) is 0 Å². The van der Waals surface area contributed by atoms with Crippen LogP contribution < -0.4 is 10.5 Å². The molecule has 0 radical (unpaired) electrons. The molecule has 21 heavy (non-hydrogen) atoms. The first-order chi connectivity index (χ1) is 10.2. The molecule has 0 aliphatic carbocycles. The van der Waals surface area contributed by atoms with Gasteiger partial charge < -0.3 is 4.90 Å². The van der Waals surface area contributed by atoms with E-state index in [2.05, 4.69) is 41.3 Å². The molecular formula is C15H16N4OS. The SMILES string of the molecule is CCc1ccc(CN(C)c2nn3c(=O)ccnc3s2)cc1. The Bertz CT molecular complexity index is 806. The van der Waals surface area contributed by atoms with Gasteiger partial charge in [-0.3, -0.25) is 4.79 Å². The van der Waals surface area contributed by atoms with Crippen LogP contribution in [0.5, 0.6) is 0 Å². The molecule has 5 nitrogen and oxygen atoms in total. The molecule has 0 saturated heterocycles. The second kappa shape index (κ2) is 5.65. The molecule has 1 aromatic carbocycles. The van der Waals surface area contributed by atoms with E-state index in [1.165, 1.54) is 39.2 Å². The van der Waals surface area contributed by atoms with Crippen LogP contribution in [0, 0.1) is 0 Å². The fourth-order valence-corrected chi connectivity index (χ4v) is 2.95. The fourth-order valence-electron chi connectivity index (χ4n) is 2.11. The summed E-state index contributed by atoms with van der Waals surface area (Å²) in [7, 11) is 1.97. The third kappa shape index (κ3) is 2.80. The molecule has 0 aliphatic rings. The van der Waals surface area contributed by atoms with Gasteiger partial charge >= 0.3 is 0 Å². The van der Waals surface area contributed by atoms with Crippen LogP contribution in [-0.4, -0.2) is 21.6 Å². The quantitative estimate of drug-likeness (QED) is 0.742. The van der Waals surface area contributed by atoms with Crippen molar-refractivity contribution in [2.24, 2.45) is 0 Å². The first kappa shape index (κ1) is 13.8. The average Bonchev–Trinajstić information content (AvgIpc) is 2.94. The molecule has 2 heterocycles. The number of aryl methyl sites for hydroxylation is 1. The summed E-state index contributed by atoms with van der Waals surface area (Å²) in [5.74, 6) is 0. The van der Waals surface area contributed by atoms with E-state index in [1.807, 2.05) is 11.9 Å². The van der Waals surface area contributed by atoms with Gasteiger partial charge in [0.25, 0.3) is 5.56 Å². The number of fused-ring (bicyclic) bond motifs is 1. The molecule has 0 aliphatic heterocycles. The minimum absolute atomic E-state index is 0.150. The smallest absolute Gasteiger partial charge is 0.275 e. The molecule has 0 amide bonds. The van der Waals surface area contributed by atoms with Gasteiger partial charge in [-0.05, 0) is 17.5 Å². The zero-order valence-corrected chi connectivity index (χ0v) is 12.8. The van der Waals surface area contributed by atoms with Gasteiger partial charge in [0.1, 0.15) is 0 Å². The Kier molecular flexibility index (Phi) is 3.70. The van der Waals surface area contributed by atoms with Crippen LogP contribution in [0.3, 0.4) is 0 Å². The Morgan fingerprint density at radius 3 is 2.57 bits per heavy atom. The van der Waals surface area contributed by atoms with Gasteiger partial charge in [0.2, 0.25) is 10.1 Å². The van der Waals surface area contributed by atoms with Crippen molar-refractivity contribution >= 4 is 21.4 Å². The van der Waals surface area contributed by atoms with Crippen molar-refractivity contribution in [3.05, 3.63) is 58.0 Å². The predicted molar refractivity (Wildman–Crippen MR) is 85.1 cm³/mol. The van der Waals surface area contributed by atoms with Crippen molar-refractivity contribution in [1.82, 2.24) is 14.6 Å². The molecule has 0 bridgehead atoms. The first-order valence-corrected chi connectivity index (χ1v) is 7.63. The van der Waals surface area contributed by atoms with E-state index in [4.69, 9.17) is 0 Å². The van der Waals surface area contributed by atoms with Crippen molar-refractivity contribution in [3.8, 4) is 0 Å². The van der Waals surface area contributed by atoms with Crippen LogP contribution in [0.4, 0.5) is 5.13 Å². The van der Waals surface area contributed by atoms with Crippen LogP contribution >= 0.6 is 11.3 Å². The van der Waals surface area contributed by atoms with Gasteiger partial charge in [0, 0.05) is 25.9 Å². The molecule has 0 fully saturated rings. The summed E-state index contributed by atoms with van der Waals surface area (Å²) in [5, 5.41) is 5.11. The first-order valence-electron chi connectivity index (χ1n) is 6.81. The maximum atomic E-state index is 11.7. The molecule has 2 aromatic heterocycles. The maximum Gasteiger partial charge on any atom is 0.275 e. The minimum atomic E-state index is -0.150. The maximum absolute atomic E-state index is 11.7. The van der Waals surface area contributed by atoms with E-state index in [9.17, 15) is 4.79 Å². The molecule has 0 atom stereocenters. The van der Waals surface area contributed by atoms with Crippen molar-refractivity contribution in [1.29, 1.82) is 0 Å². The van der Waals surface area contributed by atoms with E-state index in [0.29, 0.717) is 4.96 Å². The summed E-state index contributed by atoms with van der Waals surface area (Å²) < 4.78 is 1.34. The zero-order chi connectivity index (χ0) is 14.8. The summed E-state index contributed by atoms with van der Waals surface area (Å²) in [6.07, 6.45) is 2.56. The minimum Gasteiger partial charge on any atom is -0.345 e. The highest BCUT2D eigenvalue weighted by Gasteiger charge is 2.10. The van der Waals surface area contributed by atoms with Gasteiger partial charge in [-0.1, -0.05) is 42.5 Å². The van der Waals surface area contributed by atoms with E-state index in [1.54, 1.807) is 0 Å². The number of anilines is 1. The highest BCUT2D eigenvalue weighted by atomic mass is 32.1. The van der Waals surface area contributed by atoms with Gasteiger partial charge in [-0.15, -0.1) is 5.10 Å². The van der Waals surface area contributed by atoms with Crippen molar-refractivity contribution in [2.75, 3.05) is 11.9 Å². The van der Waals surface area contributed by atoms with E-state index < -0.39 is 0 Å². The molecular weight excluding hydrogens is 284 g/mol. The summed E-state index contributed by atoms with van der Waals surface area (Å²) in [5.41, 5.74) is 2.40. The van der Waals surface area contributed by atoms with Gasteiger partial charge in [0.05, 0.1) is 0 Å². The average molecular weight is 300 g/mol. The van der Waals surface area contributed by atoms with E-state index in [0.717, 1.165) is 18.1 Å². The number of hydrogen-bond donors (Lipinski definition) is 0. The zero-order valence-electron chi connectivity index (χ0n) is 12.0. The van der Waals surface area contributed by atoms with Crippen LogP contribution in [-0.2, 0) is 13.0 Å². The normalized spacial score (nSPS) is 11.0. The van der Waals surface area contributed by atoms with Crippen LogP contribution in [0.15, 0.2) is 41.3 Å². The number of rotatable bonds is 4. The molecule has 6 heteroatoms. The van der Waals surface area contributed by atoms with E-state index in [-0.39, 0.29) is 5.56 Å². The lowest BCUT2D eigenvalue weighted by Crippen LogP contribution is -2.18. The lowest BCUT2D eigenvalue weighted by atomic mass is 10.1. The molecule has 0 saturated carbocycles. The monoisotopic (exact) mass is 300 g/mol.